The van der Waals surface area contributed by atoms with Gasteiger partial charge in [-0.3, -0.25) is 4.79 Å². The van der Waals surface area contributed by atoms with Crippen molar-refractivity contribution in [3.63, 3.8) is 0 Å². The molecule has 13 heavy (non-hydrogen) atoms. The number of carbonyl (C=O) groups excluding carboxylic acids is 1. The fourth-order valence-corrected chi connectivity index (χ4v) is 1.57. The van der Waals surface area contributed by atoms with E-state index < -0.39 is 0 Å². The first-order chi connectivity index (χ1) is 6.16. The van der Waals surface area contributed by atoms with Crippen molar-refractivity contribution in [2.75, 3.05) is 11.1 Å². The third kappa shape index (κ3) is 1.37. The summed E-state index contributed by atoms with van der Waals surface area (Å²) in [6, 6.07) is 5.64. The smallest absolute Gasteiger partial charge is 0.227 e. The van der Waals surface area contributed by atoms with Crippen molar-refractivity contribution in [3.8, 4) is 0 Å². The molecule has 0 fully saturated rings. The van der Waals surface area contributed by atoms with Gasteiger partial charge in [0.05, 0.1) is 0 Å². The number of amides is 1. The number of rotatable bonds is 0. The van der Waals surface area contributed by atoms with Crippen LogP contribution in [0, 0.1) is 5.92 Å². The molecule has 3 nitrogen and oxygen atoms in total. The summed E-state index contributed by atoms with van der Waals surface area (Å²) in [5.41, 5.74) is 8.33. The predicted molar refractivity (Wildman–Crippen MR) is 52.4 cm³/mol. The Balaban J connectivity index is 2.42. The van der Waals surface area contributed by atoms with E-state index in [9.17, 15) is 4.79 Å². The van der Waals surface area contributed by atoms with E-state index in [4.69, 9.17) is 5.73 Å². The van der Waals surface area contributed by atoms with Gasteiger partial charge < -0.3 is 11.1 Å². The molecule has 1 amide bonds. The number of nitrogens with one attached hydrogen (secondary N) is 1. The second-order valence-electron chi connectivity index (χ2n) is 3.51. The van der Waals surface area contributed by atoms with Crippen LogP contribution in [0.2, 0.25) is 0 Å². The molecule has 1 atom stereocenters. The number of nitrogens with two attached hydrogens (primary N) is 1. The Kier molecular flexibility index (Phi) is 1.72. The number of hydrogen-bond acceptors (Lipinski definition) is 2. The third-order valence-corrected chi connectivity index (χ3v) is 2.37. The summed E-state index contributed by atoms with van der Waals surface area (Å²) in [4.78, 5) is 11.3. The fraction of sp³-hybridized carbons (Fsp3) is 0.300. The normalized spacial score (nSPS) is 20.7. The zero-order chi connectivity index (χ0) is 9.42. The van der Waals surface area contributed by atoms with Crippen molar-refractivity contribution in [1.29, 1.82) is 0 Å². The van der Waals surface area contributed by atoms with Crippen molar-refractivity contribution in [2.45, 2.75) is 13.3 Å². The lowest BCUT2D eigenvalue weighted by Gasteiger charge is -2.21. The van der Waals surface area contributed by atoms with Crippen molar-refractivity contribution in [3.05, 3.63) is 23.8 Å². The second-order valence-corrected chi connectivity index (χ2v) is 3.51. The lowest BCUT2D eigenvalue weighted by molar-refractivity contribution is -0.119. The maximum Gasteiger partial charge on any atom is 0.227 e. The Labute approximate surface area is 76.9 Å². The minimum atomic E-state index is 0.0659. The second kappa shape index (κ2) is 2.76. The van der Waals surface area contributed by atoms with Gasteiger partial charge in [0, 0.05) is 17.3 Å². The van der Waals surface area contributed by atoms with Crippen LogP contribution in [0.15, 0.2) is 18.2 Å². The van der Waals surface area contributed by atoms with E-state index in [2.05, 4.69) is 5.32 Å². The summed E-state index contributed by atoms with van der Waals surface area (Å²) in [7, 11) is 0. The molecule has 0 bridgehead atoms. The van der Waals surface area contributed by atoms with Crippen molar-refractivity contribution >= 4 is 17.3 Å². The molecular formula is C10H12N2O. The maximum atomic E-state index is 11.3. The Bertz CT molecular complexity index is 360. The Morgan fingerprint density at radius 3 is 3.08 bits per heavy atom. The zero-order valence-electron chi connectivity index (χ0n) is 7.50. The SMILES string of the molecule is CC1Cc2ccc(N)cc2NC1=O. The van der Waals surface area contributed by atoms with E-state index in [1.54, 1.807) is 6.07 Å². The fourth-order valence-electron chi connectivity index (χ4n) is 1.57. The highest BCUT2D eigenvalue weighted by Crippen LogP contribution is 2.26. The van der Waals surface area contributed by atoms with Crippen molar-refractivity contribution in [1.82, 2.24) is 0 Å². The number of anilines is 2. The molecule has 0 aliphatic carbocycles. The average Bonchev–Trinajstić information content (AvgIpc) is 2.08. The van der Waals surface area contributed by atoms with Gasteiger partial charge in [-0.05, 0) is 24.1 Å². The average molecular weight is 176 g/mol. The van der Waals surface area contributed by atoms with Crippen LogP contribution in [0.5, 0.6) is 0 Å². The molecule has 2 rings (SSSR count). The molecule has 0 saturated carbocycles. The van der Waals surface area contributed by atoms with Gasteiger partial charge >= 0.3 is 0 Å². The first-order valence-electron chi connectivity index (χ1n) is 4.36. The van der Waals surface area contributed by atoms with Crippen LogP contribution >= 0.6 is 0 Å². The largest absolute Gasteiger partial charge is 0.399 e. The molecule has 0 saturated heterocycles. The van der Waals surface area contributed by atoms with Crippen LogP contribution in [0.25, 0.3) is 0 Å². The monoisotopic (exact) mass is 176 g/mol. The van der Waals surface area contributed by atoms with Crippen LogP contribution < -0.4 is 11.1 Å². The van der Waals surface area contributed by atoms with Crippen LogP contribution in [0.1, 0.15) is 12.5 Å². The molecule has 0 aromatic heterocycles. The Hall–Kier alpha value is -1.51. The molecule has 1 heterocycles. The quantitative estimate of drug-likeness (QED) is 0.587. The Morgan fingerprint density at radius 1 is 1.54 bits per heavy atom. The summed E-state index contributed by atoms with van der Waals surface area (Å²) in [6.07, 6.45) is 0.807. The van der Waals surface area contributed by atoms with Gasteiger partial charge in [0.25, 0.3) is 0 Å². The summed E-state index contributed by atoms with van der Waals surface area (Å²) < 4.78 is 0. The van der Waals surface area contributed by atoms with Crippen LogP contribution in [0.4, 0.5) is 11.4 Å². The summed E-state index contributed by atoms with van der Waals surface area (Å²) in [5.74, 6) is 0.147. The van der Waals surface area contributed by atoms with Gasteiger partial charge in [-0.1, -0.05) is 13.0 Å². The van der Waals surface area contributed by atoms with E-state index in [0.717, 1.165) is 12.1 Å². The standard InChI is InChI=1S/C10H12N2O/c1-6-4-7-2-3-8(11)5-9(7)12-10(6)13/h2-3,5-6H,4,11H2,1H3,(H,12,13). The lowest BCUT2D eigenvalue weighted by atomic mass is 9.94. The topological polar surface area (TPSA) is 55.1 Å². The minimum absolute atomic E-state index is 0.0659. The van der Waals surface area contributed by atoms with Gasteiger partial charge in [-0.15, -0.1) is 0 Å². The highest BCUT2D eigenvalue weighted by atomic mass is 16.1. The first kappa shape index (κ1) is 8.10. The molecule has 68 valence electrons. The van der Waals surface area contributed by atoms with Crippen molar-refractivity contribution in [2.24, 2.45) is 5.92 Å². The molecule has 1 aliphatic heterocycles. The van der Waals surface area contributed by atoms with Crippen LogP contribution in [-0.2, 0) is 11.2 Å². The first-order valence-corrected chi connectivity index (χ1v) is 4.36. The summed E-state index contributed by atoms with van der Waals surface area (Å²) >= 11 is 0. The maximum absolute atomic E-state index is 11.3. The van der Waals surface area contributed by atoms with Gasteiger partial charge in [0.2, 0.25) is 5.91 Å². The minimum Gasteiger partial charge on any atom is -0.399 e. The Morgan fingerprint density at radius 2 is 2.31 bits per heavy atom. The van der Waals surface area contributed by atoms with Gasteiger partial charge in [0.15, 0.2) is 0 Å². The molecule has 1 unspecified atom stereocenters. The molecular weight excluding hydrogens is 164 g/mol. The van der Waals surface area contributed by atoms with Gasteiger partial charge in [0.1, 0.15) is 0 Å². The number of hydrogen-bond donors (Lipinski definition) is 2. The number of fused-ring (bicyclic) bond motifs is 1. The highest BCUT2D eigenvalue weighted by molar-refractivity contribution is 5.96. The predicted octanol–water partition coefficient (Wildman–Crippen LogP) is 1.40. The van der Waals surface area contributed by atoms with Crippen LogP contribution in [0.3, 0.4) is 0 Å². The number of nitrogen functional groups attached to an aromatic ring is 1. The molecule has 1 aromatic carbocycles. The van der Waals surface area contributed by atoms with E-state index in [-0.39, 0.29) is 11.8 Å². The number of carbonyl (C=O) groups is 1. The van der Waals surface area contributed by atoms with Crippen molar-refractivity contribution < 1.29 is 4.79 Å². The molecule has 0 spiro atoms. The summed E-state index contributed by atoms with van der Waals surface area (Å²) in [6.45, 7) is 1.93. The van der Waals surface area contributed by atoms with Gasteiger partial charge in [-0.2, -0.15) is 0 Å². The van der Waals surface area contributed by atoms with Gasteiger partial charge in [-0.25, -0.2) is 0 Å². The third-order valence-electron chi connectivity index (χ3n) is 2.37. The van der Waals surface area contributed by atoms with E-state index in [0.29, 0.717) is 5.69 Å². The number of benzene rings is 1. The van der Waals surface area contributed by atoms with E-state index in [1.807, 2.05) is 19.1 Å². The summed E-state index contributed by atoms with van der Waals surface area (Å²) in [5, 5.41) is 2.83. The van der Waals surface area contributed by atoms with E-state index >= 15 is 0 Å². The highest BCUT2D eigenvalue weighted by Gasteiger charge is 2.21. The van der Waals surface area contributed by atoms with E-state index in [1.165, 1.54) is 5.56 Å². The molecule has 3 heteroatoms. The van der Waals surface area contributed by atoms with Crippen LogP contribution in [-0.4, -0.2) is 5.91 Å². The zero-order valence-corrected chi connectivity index (χ0v) is 7.50. The molecule has 3 N–H and O–H groups in total. The molecule has 1 aliphatic rings. The molecule has 1 aromatic rings. The lowest BCUT2D eigenvalue weighted by Crippen LogP contribution is -2.27. The molecule has 0 radical (unpaired) electrons.